The van der Waals surface area contributed by atoms with Crippen molar-refractivity contribution in [2.45, 2.75) is 50.0 Å². The number of nitrogens with one attached hydrogen (secondary N) is 1. The highest BCUT2D eigenvalue weighted by atomic mass is 32.2. The van der Waals surface area contributed by atoms with Gasteiger partial charge in [0.25, 0.3) is 0 Å². The lowest BCUT2D eigenvalue weighted by Gasteiger charge is -2.24. The van der Waals surface area contributed by atoms with Crippen LogP contribution in [-0.2, 0) is 10.0 Å². The summed E-state index contributed by atoms with van der Waals surface area (Å²) in [6.07, 6.45) is 8.13. The molecule has 1 N–H and O–H groups in total. The molecular weight excluding hydrogens is 274 g/mol. The van der Waals surface area contributed by atoms with Crippen LogP contribution < -0.4 is 5.32 Å². The molecule has 6 heteroatoms. The molecule has 1 fully saturated rings. The molecule has 1 heterocycles. The predicted octanol–water partition coefficient (Wildman–Crippen LogP) is 2.47. The Morgan fingerprint density at radius 3 is 2.75 bits per heavy atom. The third-order valence-electron chi connectivity index (χ3n) is 3.85. The van der Waals surface area contributed by atoms with Gasteiger partial charge in [-0.3, -0.25) is 4.98 Å². The van der Waals surface area contributed by atoms with Crippen LogP contribution in [0.4, 0.5) is 5.69 Å². The zero-order chi connectivity index (χ0) is 14.6. The molecule has 0 unspecified atom stereocenters. The number of nitrogens with zero attached hydrogens (tertiary/aromatic N) is 2. The molecule has 1 aliphatic rings. The van der Waals surface area contributed by atoms with Gasteiger partial charge >= 0.3 is 0 Å². The number of anilines is 1. The van der Waals surface area contributed by atoms with Crippen molar-refractivity contribution in [1.82, 2.24) is 9.29 Å². The fraction of sp³-hybridized carbons (Fsp3) is 0.643. The maximum absolute atomic E-state index is 12.7. The zero-order valence-electron chi connectivity index (χ0n) is 12.2. The molecule has 1 saturated carbocycles. The highest BCUT2D eigenvalue weighted by Gasteiger charge is 2.31. The summed E-state index contributed by atoms with van der Waals surface area (Å²) in [5.74, 6) is 0. The lowest BCUT2D eigenvalue weighted by molar-refractivity contribution is 0.373. The number of rotatable bonds is 6. The maximum Gasteiger partial charge on any atom is 0.246 e. The summed E-state index contributed by atoms with van der Waals surface area (Å²) < 4.78 is 27.0. The van der Waals surface area contributed by atoms with Crippen molar-refractivity contribution in [2.24, 2.45) is 0 Å². The van der Waals surface area contributed by atoms with Crippen molar-refractivity contribution >= 4 is 15.7 Å². The molecule has 1 aromatic heterocycles. The van der Waals surface area contributed by atoms with E-state index in [0.717, 1.165) is 38.6 Å². The van der Waals surface area contributed by atoms with E-state index in [1.165, 1.54) is 10.5 Å². The van der Waals surface area contributed by atoms with Crippen molar-refractivity contribution in [3.63, 3.8) is 0 Å². The summed E-state index contributed by atoms with van der Waals surface area (Å²) in [6.45, 7) is 2.80. The Balaban J connectivity index is 2.28. The van der Waals surface area contributed by atoms with E-state index in [9.17, 15) is 8.42 Å². The predicted molar refractivity (Wildman–Crippen MR) is 80.2 cm³/mol. The molecule has 20 heavy (non-hydrogen) atoms. The van der Waals surface area contributed by atoms with Crippen LogP contribution in [0.5, 0.6) is 0 Å². The van der Waals surface area contributed by atoms with Gasteiger partial charge in [-0.05, 0) is 25.3 Å². The molecule has 0 spiro atoms. The van der Waals surface area contributed by atoms with E-state index in [1.54, 1.807) is 19.3 Å². The number of sulfonamides is 1. The Morgan fingerprint density at radius 2 is 2.10 bits per heavy atom. The zero-order valence-corrected chi connectivity index (χ0v) is 13.0. The molecule has 0 aromatic carbocycles. The molecular formula is C14H23N3O2S. The molecule has 1 aromatic rings. The van der Waals surface area contributed by atoms with Crippen LogP contribution in [0.25, 0.3) is 0 Å². The minimum atomic E-state index is -3.48. The molecule has 0 radical (unpaired) electrons. The van der Waals surface area contributed by atoms with Crippen molar-refractivity contribution in [3.8, 4) is 0 Å². The minimum Gasteiger partial charge on any atom is -0.384 e. The van der Waals surface area contributed by atoms with Gasteiger partial charge < -0.3 is 5.32 Å². The summed E-state index contributed by atoms with van der Waals surface area (Å²) in [7, 11) is -1.79. The smallest absolute Gasteiger partial charge is 0.246 e. The van der Waals surface area contributed by atoms with E-state index in [2.05, 4.69) is 10.3 Å². The molecule has 112 valence electrons. The summed E-state index contributed by atoms with van der Waals surface area (Å²) in [6, 6.07) is 1.85. The molecule has 2 rings (SSSR count). The number of aromatic nitrogens is 1. The molecule has 0 amide bonds. The van der Waals surface area contributed by atoms with E-state index in [4.69, 9.17) is 0 Å². The van der Waals surface area contributed by atoms with Gasteiger partial charge in [-0.25, -0.2) is 8.42 Å². The van der Waals surface area contributed by atoms with Gasteiger partial charge in [-0.1, -0.05) is 19.8 Å². The van der Waals surface area contributed by atoms with Gasteiger partial charge in [0, 0.05) is 32.0 Å². The molecule has 0 saturated heterocycles. The fourth-order valence-electron chi connectivity index (χ4n) is 2.61. The average molecular weight is 297 g/mol. The quantitative estimate of drug-likeness (QED) is 0.876. The highest BCUT2D eigenvalue weighted by molar-refractivity contribution is 7.89. The van der Waals surface area contributed by atoms with Crippen LogP contribution in [0.3, 0.4) is 0 Å². The lowest BCUT2D eigenvalue weighted by Crippen LogP contribution is -2.35. The third-order valence-corrected chi connectivity index (χ3v) is 5.78. The van der Waals surface area contributed by atoms with E-state index < -0.39 is 10.0 Å². The van der Waals surface area contributed by atoms with Crippen molar-refractivity contribution in [2.75, 3.05) is 18.9 Å². The van der Waals surface area contributed by atoms with Gasteiger partial charge in [0.05, 0.1) is 5.69 Å². The van der Waals surface area contributed by atoms with Crippen molar-refractivity contribution in [3.05, 3.63) is 18.5 Å². The first-order valence-electron chi connectivity index (χ1n) is 7.23. The molecule has 5 nitrogen and oxygen atoms in total. The van der Waals surface area contributed by atoms with E-state index in [0.29, 0.717) is 5.69 Å². The normalized spacial score (nSPS) is 16.8. The fourth-order valence-corrected chi connectivity index (χ4v) is 4.14. The van der Waals surface area contributed by atoms with Gasteiger partial charge in [-0.2, -0.15) is 4.31 Å². The number of hydrogen-bond donors (Lipinski definition) is 1. The van der Waals surface area contributed by atoms with Gasteiger partial charge in [-0.15, -0.1) is 0 Å². The summed E-state index contributed by atoms with van der Waals surface area (Å²) in [5, 5.41) is 3.17. The Morgan fingerprint density at radius 1 is 1.40 bits per heavy atom. The SMILES string of the molecule is CCCNc1ccncc1S(=O)(=O)N(C)C1CCCC1. The van der Waals surface area contributed by atoms with Crippen LogP contribution in [-0.4, -0.2) is 37.3 Å². The lowest BCUT2D eigenvalue weighted by atomic mass is 10.3. The van der Waals surface area contributed by atoms with Crippen LogP contribution >= 0.6 is 0 Å². The van der Waals surface area contributed by atoms with Crippen molar-refractivity contribution in [1.29, 1.82) is 0 Å². The number of hydrogen-bond acceptors (Lipinski definition) is 4. The van der Waals surface area contributed by atoms with Crippen LogP contribution in [0.1, 0.15) is 39.0 Å². The summed E-state index contributed by atoms with van der Waals surface area (Å²) >= 11 is 0. The first kappa shape index (κ1) is 15.3. The van der Waals surface area contributed by atoms with Crippen LogP contribution in [0.2, 0.25) is 0 Å². The second kappa shape index (κ2) is 6.54. The van der Waals surface area contributed by atoms with Gasteiger partial charge in [0.2, 0.25) is 10.0 Å². The molecule has 0 bridgehead atoms. The van der Waals surface area contributed by atoms with Crippen LogP contribution in [0.15, 0.2) is 23.4 Å². The standard InChI is InChI=1S/C14H23N3O2S/c1-3-9-16-13-8-10-15-11-14(13)20(18,19)17(2)12-6-4-5-7-12/h8,10-12H,3-7,9H2,1-2H3,(H,15,16). The average Bonchev–Trinajstić information content (AvgIpc) is 2.98. The number of pyridine rings is 1. The van der Waals surface area contributed by atoms with Crippen LogP contribution in [0, 0.1) is 0 Å². The maximum atomic E-state index is 12.7. The topological polar surface area (TPSA) is 62.3 Å². The Hall–Kier alpha value is -1.14. The van der Waals surface area contributed by atoms with Gasteiger partial charge in [0.15, 0.2) is 0 Å². The van der Waals surface area contributed by atoms with E-state index in [-0.39, 0.29) is 10.9 Å². The Bertz CT molecular complexity index is 539. The first-order valence-corrected chi connectivity index (χ1v) is 8.67. The molecule has 1 aliphatic carbocycles. The molecule has 0 aliphatic heterocycles. The second-order valence-electron chi connectivity index (χ2n) is 5.26. The monoisotopic (exact) mass is 297 g/mol. The summed E-state index contributed by atoms with van der Waals surface area (Å²) in [5.41, 5.74) is 0.645. The van der Waals surface area contributed by atoms with Gasteiger partial charge in [0.1, 0.15) is 4.90 Å². The van der Waals surface area contributed by atoms with E-state index >= 15 is 0 Å². The second-order valence-corrected chi connectivity index (χ2v) is 7.22. The Labute approximate surface area is 121 Å². The first-order chi connectivity index (χ1) is 9.57. The summed E-state index contributed by atoms with van der Waals surface area (Å²) in [4.78, 5) is 4.26. The molecule has 0 atom stereocenters. The third kappa shape index (κ3) is 3.12. The Kier molecular flexibility index (Phi) is 4.99. The highest BCUT2D eigenvalue weighted by Crippen LogP contribution is 2.29. The van der Waals surface area contributed by atoms with E-state index in [1.807, 2.05) is 6.92 Å². The minimum absolute atomic E-state index is 0.124. The largest absolute Gasteiger partial charge is 0.384 e. The van der Waals surface area contributed by atoms with Crippen molar-refractivity contribution < 1.29 is 8.42 Å².